The van der Waals surface area contributed by atoms with Crippen LogP contribution in [0.25, 0.3) is 0 Å². The molecule has 130 valence electrons. The van der Waals surface area contributed by atoms with Gasteiger partial charge in [-0.15, -0.1) is 0 Å². The number of aryl methyl sites for hydroxylation is 1. The van der Waals surface area contributed by atoms with Gasteiger partial charge in [0.05, 0.1) is 0 Å². The Labute approximate surface area is 149 Å². The van der Waals surface area contributed by atoms with E-state index in [4.69, 9.17) is 5.73 Å². The van der Waals surface area contributed by atoms with Crippen LogP contribution in [0.5, 0.6) is 0 Å². The van der Waals surface area contributed by atoms with Gasteiger partial charge in [-0.2, -0.15) is 0 Å². The van der Waals surface area contributed by atoms with E-state index in [1.807, 2.05) is 36.5 Å². The maximum absolute atomic E-state index is 6.60. The van der Waals surface area contributed by atoms with Gasteiger partial charge in [0, 0.05) is 18.7 Å². The molecule has 0 fully saturated rings. The lowest BCUT2D eigenvalue weighted by molar-refractivity contribution is 0.403. The van der Waals surface area contributed by atoms with Crippen molar-refractivity contribution >= 4 is 5.96 Å². The van der Waals surface area contributed by atoms with Gasteiger partial charge in [0.2, 0.25) is 0 Å². The molecule has 0 radical (unpaired) electrons. The highest BCUT2D eigenvalue weighted by Crippen LogP contribution is 2.26. The highest BCUT2D eigenvalue weighted by molar-refractivity contribution is 5.83. The van der Waals surface area contributed by atoms with Crippen molar-refractivity contribution in [1.82, 2.24) is 10.6 Å². The van der Waals surface area contributed by atoms with Crippen molar-refractivity contribution in [3.63, 3.8) is 0 Å². The molecule has 0 bridgehead atoms. The molecule has 2 aromatic carbocycles. The molecule has 0 saturated carbocycles. The summed E-state index contributed by atoms with van der Waals surface area (Å²) in [6.07, 6.45) is 5.88. The lowest BCUT2D eigenvalue weighted by Gasteiger charge is -2.37. The van der Waals surface area contributed by atoms with E-state index < -0.39 is 5.66 Å². The lowest BCUT2D eigenvalue weighted by Crippen LogP contribution is -2.62. The Morgan fingerprint density at radius 1 is 1.04 bits per heavy atom. The van der Waals surface area contributed by atoms with Crippen LogP contribution in [0.2, 0.25) is 0 Å². The molecular weight excluding hydrogens is 308 g/mol. The minimum absolute atomic E-state index is 0.126. The zero-order chi connectivity index (χ0) is 17.5. The van der Waals surface area contributed by atoms with Crippen LogP contribution in [-0.2, 0) is 6.42 Å². The van der Waals surface area contributed by atoms with Gasteiger partial charge in [-0.25, -0.2) is 0 Å². The van der Waals surface area contributed by atoms with E-state index in [-0.39, 0.29) is 5.92 Å². The Hall–Kier alpha value is -2.59. The van der Waals surface area contributed by atoms with Gasteiger partial charge >= 0.3 is 0 Å². The predicted octanol–water partition coefficient (Wildman–Crippen LogP) is 3.14. The molecule has 2 aromatic rings. The third-order valence-electron chi connectivity index (χ3n) is 4.67. The van der Waals surface area contributed by atoms with Crippen molar-refractivity contribution in [1.29, 1.82) is 0 Å². The Morgan fingerprint density at radius 2 is 1.72 bits per heavy atom. The van der Waals surface area contributed by atoms with Gasteiger partial charge in [-0.1, -0.05) is 67.6 Å². The Morgan fingerprint density at radius 3 is 2.44 bits per heavy atom. The van der Waals surface area contributed by atoms with Gasteiger partial charge < -0.3 is 16.4 Å². The zero-order valence-corrected chi connectivity index (χ0v) is 14.7. The molecule has 0 spiro atoms. The number of hydrogen-bond acceptors (Lipinski definition) is 2. The molecule has 2 unspecified atom stereocenters. The number of nitrogens with zero attached hydrogens (tertiary/aromatic N) is 1. The third kappa shape index (κ3) is 4.48. The van der Waals surface area contributed by atoms with Crippen molar-refractivity contribution < 1.29 is 0 Å². The van der Waals surface area contributed by atoms with Crippen molar-refractivity contribution in [2.75, 3.05) is 6.54 Å². The number of nitrogens with two attached hydrogens (primary N) is 1. The van der Waals surface area contributed by atoms with Crippen LogP contribution in [0.4, 0.5) is 0 Å². The second-order valence-corrected chi connectivity index (χ2v) is 6.49. The van der Waals surface area contributed by atoms with Crippen LogP contribution in [0.1, 0.15) is 30.4 Å². The number of aliphatic imine (C=N–C) groups is 1. The summed E-state index contributed by atoms with van der Waals surface area (Å²) >= 11 is 0. The molecule has 0 aromatic heterocycles. The first kappa shape index (κ1) is 17.2. The highest BCUT2D eigenvalue weighted by Gasteiger charge is 2.33. The first-order chi connectivity index (χ1) is 12.2. The molecule has 0 aliphatic carbocycles. The quantitative estimate of drug-likeness (QED) is 0.711. The van der Waals surface area contributed by atoms with Gasteiger partial charge in [0.15, 0.2) is 5.96 Å². The van der Waals surface area contributed by atoms with Crippen molar-refractivity contribution in [3.8, 4) is 0 Å². The summed E-state index contributed by atoms with van der Waals surface area (Å²) in [7, 11) is 0. The number of hydrogen-bond donors (Lipinski definition) is 3. The summed E-state index contributed by atoms with van der Waals surface area (Å²) in [5.74, 6) is 0.863. The van der Waals surface area contributed by atoms with Crippen molar-refractivity contribution in [2.24, 2.45) is 10.7 Å². The molecular formula is C21H26N4. The first-order valence-electron chi connectivity index (χ1n) is 8.82. The smallest absolute Gasteiger partial charge is 0.197 e. The molecule has 1 aliphatic heterocycles. The molecule has 2 atom stereocenters. The Balaban J connectivity index is 1.58. The van der Waals surface area contributed by atoms with Crippen LogP contribution in [0.3, 0.4) is 0 Å². The average molecular weight is 334 g/mol. The molecule has 4 N–H and O–H groups in total. The minimum atomic E-state index is -0.648. The molecule has 4 heteroatoms. The summed E-state index contributed by atoms with van der Waals surface area (Å²) in [5.41, 5.74) is 8.50. The average Bonchev–Trinajstić information content (AvgIpc) is 2.66. The standard InChI is InChI=1S/C21H26N4/c1-17(19-12-6-3-7-13-19)21(22)14-16-24-20(25-21)23-15-8-11-18-9-4-2-5-10-18/h2-7,9-10,12-14,16-17H,8,11,15,22H2,1H3,(H2,23,24,25). The fraction of sp³-hybridized carbons (Fsp3) is 0.286. The second-order valence-electron chi connectivity index (χ2n) is 6.49. The Bertz CT molecular complexity index is 724. The molecule has 1 heterocycles. The van der Waals surface area contributed by atoms with E-state index in [1.54, 1.807) is 0 Å². The summed E-state index contributed by atoms with van der Waals surface area (Å²) in [5, 5.41) is 6.51. The molecule has 0 saturated heterocycles. The molecule has 0 amide bonds. The maximum Gasteiger partial charge on any atom is 0.197 e. The van der Waals surface area contributed by atoms with Gasteiger partial charge in [-0.05, 0) is 30.0 Å². The molecule has 1 aliphatic rings. The summed E-state index contributed by atoms with van der Waals surface area (Å²) < 4.78 is 0. The fourth-order valence-corrected chi connectivity index (χ4v) is 3.02. The van der Waals surface area contributed by atoms with Gasteiger partial charge in [-0.3, -0.25) is 4.99 Å². The van der Waals surface area contributed by atoms with Crippen LogP contribution in [0, 0.1) is 0 Å². The zero-order valence-electron chi connectivity index (χ0n) is 14.7. The minimum Gasteiger partial charge on any atom is -0.334 e. The molecule has 25 heavy (non-hydrogen) atoms. The second kappa shape index (κ2) is 7.99. The van der Waals surface area contributed by atoms with Crippen molar-refractivity contribution in [3.05, 3.63) is 84.1 Å². The number of rotatable bonds is 6. The first-order valence-corrected chi connectivity index (χ1v) is 8.82. The third-order valence-corrected chi connectivity index (χ3v) is 4.67. The molecule has 4 nitrogen and oxygen atoms in total. The maximum atomic E-state index is 6.60. The van der Waals surface area contributed by atoms with E-state index in [9.17, 15) is 0 Å². The van der Waals surface area contributed by atoms with Gasteiger partial charge in [0.25, 0.3) is 0 Å². The summed E-state index contributed by atoms with van der Waals surface area (Å²) in [6.45, 7) is 2.89. The fourth-order valence-electron chi connectivity index (χ4n) is 3.02. The van der Waals surface area contributed by atoms with Crippen LogP contribution < -0.4 is 16.4 Å². The van der Waals surface area contributed by atoms with Gasteiger partial charge in [0.1, 0.15) is 5.66 Å². The molecule has 3 rings (SSSR count). The largest absolute Gasteiger partial charge is 0.334 e. The summed E-state index contributed by atoms with van der Waals surface area (Å²) in [4.78, 5) is 4.63. The normalized spacial score (nSPS) is 22.2. The van der Waals surface area contributed by atoms with E-state index in [1.165, 1.54) is 11.1 Å². The van der Waals surface area contributed by atoms with Crippen LogP contribution in [0.15, 0.2) is 77.9 Å². The van der Waals surface area contributed by atoms with Crippen LogP contribution in [-0.4, -0.2) is 18.2 Å². The Kier molecular flexibility index (Phi) is 5.51. The predicted molar refractivity (Wildman–Crippen MR) is 104 cm³/mol. The number of guanidine groups is 1. The van der Waals surface area contributed by atoms with E-state index >= 15 is 0 Å². The van der Waals surface area contributed by atoms with Crippen molar-refractivity contribution in [2.45, 2.75) is 31.3 Å². The SMILES string of the molecule is CC(c1ccccc1)C1(N)C=CNC(=NCCCc2ccccc2)N1. The highest BCUT2D eigenvalue weighted by atomic mass is 15.3. The monoisotopic (exact) mass is 334 g/mol. The van der Waals surface area contributed by atoms with Crippen LogP contribution >= 0.6 is 0 Å². The van der Waals surface area contributed by atoms with E-state index in [0.717, 1.165) is 25.3 Å². The summed E-state index contributed by atoms with van der Waals surface area (Å²) in [6, 6.07) is 20.8. The van der Waals surface area contributed by atoms with E-state index in [0.29, 0.717) is 0 Å². The topological polar surface area (TPSA) is 62.4 Å². The van der Waals surface area contributed by atoms with E-state index in [2.05, 4.69) is 58.9 Å². The lowest BCUT2D eigenvalue weighted by atomic mass is 9.87. The number of nitrogens with one attached hydrogen (secondary N) is 2. The number of benzene rings is 2.